The molecule has 1 N–H and O–H groups in total. The highest BCUT2D eigenvalue weighted by molar-refractivity contribution is 6.33. The number of benzene rings is 2. The average molecular weight is 300 g/mol. The second-order valence-corrected chi connectivity index (χ2v) is 5.65. The van der Waals surface area contributed by atoms with Gasteiger partial charge in [0.05, 0.1) is 5.02 Å². The van der Waals surface area contributed by atoms with Crippen LogP contribution in [0.25, 0.3) is 22.3 Å². The standard InChI is InChI=1S/C18H18ClNO/c1-3-20-11-13-5-6-15(16(19)9-13)18-10-14-8-12(2)4-7-17(14)21-18/h4-10,20H,3,11H2,1-2H3. The summed E-state index contributed by atoms with van der Waals surface area (Å²) in [6, 6.07) is 14.3. The van der Waals surface area contributed by atoms with Gasteiger partial charge in [0.15, 0.2) is 0 Å². The van der Waals surface area contributed by atoms with Gasteiger partial charge in [-0.25, -0.2) is 0 Å². The monoisotopic (exact) mass is 299 g/mol. The number of aryl methyl sites for hydroxylation is 1. The van der Waals surface area contributed by atoms with E-state index in [-0.39, 0.29) is 0 Å². The fraction of sp³-hybridized carbons (Fsp3) is 0.222. The molecule has 2 aromatic carbocycles. The van der Waals surface area contributed by atoms with Crippen molar-refractivity contribution in [2.45, 2.75) is 20.4 Å². The van der Waals surface area contributed by atoms with Crippen LogP contribution in [0.5, 0.6) is 0 Å². The molecule has 21 heavy (non-hydrogen) atoms. The van der Waals surface area contributed by atoms with Crippen LogP contribution in [0, 0.1) is 6.92 Å². The highest BCUT2D eigenvalue weighted by atomic mass is 35.5. The molecule has 3 rings (SSSR count). The number of fused-ring (bicyclic) bond motifs is 1. The second-order valence-electron chi connectivity index (χ2n) is 5.25. The van der Waals surface area contributed by atoms with Crippen LogP contribution in [0.1, 0.15) is 18.1 Å². The van der Waals surface area contributed by atoms with E-state index < -0.39 is 0 Å². The van der Waals surface area contributed by atoms with Crippen LogP contribution in [0.4, 0.5) is 0 Å². The molecule has 0 saturated carbocycles. The fourth-order valence-corrected chi connectivity index (χ4v) is 2.73. The molecule has 0 radical (unpaired) electrons. The summed E-state index contributed by atoms with van der Waals surface area (Å²) in [7, 11) is 0. The van der Waals surface area contributed by atoms with Crippen molar-refractivity contribution in [1.29, 1.82) is 0 Å². The van der Waals surface area contributed by atoms with Crippen LogP contribution >= 0.6 is 11.6 Å². The molecule has 0 atom stereocenters. The van der Waals surface area contributed by atoms with Crippen LogP contribution in [-0.2, 0) is 6.54 Å². The highest BCUT2D eigenvalue weighted by Crippen LogP contribution is 2.33. The summed E-state index contributed by atoms with van der Waals surface area (Å²) in [5.41, 5.74) is 4.23. The Hall–Kier alpha value is -1.77. The zero-order valence-corrected chi connectivity index (χ0v) is 13.0. The smallest absolute Gasteiger partial charge is 0.136 e. The Labute approximate surface area is 129 Å². The van der Waals surface area contributed by atoms with E-state index >= 15 is 0 Å². The molecule has 0 unspecified atom stereocenters. The Balaban J connectivity index is 1.98. The zero-order valence-electron chi connectivity index (χ0n) is 12.2. The largest absolute Gasteiger partial charge is 0.456 e. The number of hydrogen-bond donors (Lipinski definition) is 1. The number of furan rings is 1. The molecule has 0 aliphatic rings. The zero-order chi connectivity index (χ0) is 14.8. The summed E-state index contributed by atoms with van der Waals surface area (Å²) in [4.78, 5) is 0. The number of nitrogens with one attached hydrogen (secondary N) is 1. The van der Waals surface area contributed by atoms with Crippen molar-refractivity contribution in [3.8, 4) is 11.3 Å². The Morgan fingerprint density at radius 3 is 2.71 bits per heavy atom. The summed E-state index contributed by atoms with van der Waals surface area (Å²) in [5.74, 6) is 0.815. The van der Waals surface area contributed by atoms with Gasteiger partial charge in [-0.2, -0.15) is 0 Å². The lowest BCUT2D eigenvalue weighted by Crippen LogP contribution is -2.11. The molecule has 1 heterocycles. The van der Waals surface area contributed by atoms with E-state index in [0.717, 1.165) is 40.4 Å². The van der Waals surface area contributed by atoms with Gasteiger partial charge in [-0.3, -0.25) is 0 Å². The van der Waals surface area contributed by atoms with E-state index in [1.54, 1.807) is 0 Å². The molecule has 0 amide bonds. The first-order chi connectivity index (χ1) is 10.2. The van der Waals surface area contributed by atoms with Crippen LogP contribution in [-0.4, -0.2) is 6.54 Å². The summed E-state index contributed by atoms with van der Waals surface area (Å²) in [6.45, 7) is 5.94. The van der Waals surface area contributed by atoms with Gasteiger partial charge in [-0.15, -0.1) is 0 Å². The van der Waals surface area contributed by atoms with Crippen molar-refractivity contribution in [3.63, 3.8) is 0 Å². The minimum absolute atomic E-state index is 0.723. The quantitative estimate of drug-likeness (QED) is 0.719. The lowest BCUT2D eigenvalue weighted by molar-refractivity contribution is 0.631. The van der Waals surface area contributed by atoms with Crippen molar-refractivity contribution >= 4 is 22.6 Å². The molecule has 0 bridgehead atoms. The molecular formula is C18H18ClNO. The summed E-state index contributed by atoms with van der Waals surface area (Å²) in [6.07, 6.45) is 0. The molecule has 0 aliphatic heterocycles. The highest BCUT2D eigenvalue weighted by Gasteiger charge is 2.10. The van der Waals surface area contributed by atoms with Crippen LogP contribution in [0.2, 0.25) is 5.02 Å². The van der Waals surface area contributed by atoms with E-state index in [9.17, 15) is 0 Å². The average Bonchev–Trinajstić information content (AvgIpc) is 2.87. The first-order valence-corrected chi connectivity index (χ1v) is 7.55. The van der Waals surface area contributed by atoms with Crippen LogP contribution in [0.3, 0.4) is 0 Å². The minimum atomic E-state index is 0.723. The van der Waals surface area contributed by atoms with E-state index in [0.29, 0.717) is 0 Å². The molecule has 0 aliphatic carbocycles. The van der Waals surface area contributed by atoms with Gasteiger partial charge in [0.2, 0.25) is 0 Å². The third kappa shape index (κ3) is 2.97. The van der Waals surface area contributed by atoms with Crippen molar-refractivity contribution < 1.29 is 4.42 Å². The topological polar surface area (TPSA) is 25.2 Å². The maximum absolute atomic E-state index is 6.41. The molecule has 0 fully saturated rings. The Morgan fingerprint density at radius 2 is 1.95 bits per heavy atom. The third-order valence-electron chi connectivity index (χ3n) is 3.55. The van der Waals surface area contributed by atoms with Crippen molar-refractivity contribution in [2.75, 3.05) is 6.54 Å². The number of halogens is 1. The van der Waals surface area contributed by atoms with Gasteiger partial charge >= 0.3 is 0 Å². The molecule has 3 aromatic rings. The van der Waals surface area contributed by atoms with Gasteiger partial charge in [-0.05, 0) is 49.4 Å². The van der Waals surface area contributed by atoms with Gasteiger partial charge in [0.1, 0.15) is 11.3 Å². The molecule has 2 nitrogen and oxygen atoms in total. The van der Waals surface area contributed by atoms with E-state index in [4.69, 9.17) is 16.0 Å². The second kappa shape index (κ2) is 5.92. The molecule has 108 valence electrons. The normalized spacial score (nSPS) is 11.2. The maximum Gasteiger partial charge on any atom is 0.136 e. The lowest BCUT2D eigenvalue weighted by Gasteiger charge is -2.05. The van der Waals surface area contributed by atoms with E-state index in [1.165, 1.54) is 11.1 Å². The van der Waals surface area contributed by atoms with Gasteiger partial charge < -0.3 is 9.73 Å². The summed E-state index contributed by atoms with van der Waals surface area (Å²) in [5, 5.41) is 5.13. The number of hydrogen-bond acceptors (Lipinski definition) is 2. The van der Waals surface area contributed by atoms with E-state index in [1.807, 2.05) is 24.3 Å². The van der Waals surface area contributed by atoms with Crippen molar-refractivity contribution in [2.24, 2.45) is 0 Å². The SMILES string of the molecule is CCNCc1ccc(-c2cc3cc(C)ccc3o2)c(Cl)c1. The number of rotatable bonds is 4. The van der Waals surface area contributed by atoms with Gasteiger partial charge in [0.25, 0.3) is 0 Å². The van der Waals surface area contributed by atoms with Gasteiger partial charge in [-0.1, -0.05) is 36.2 Å². The van der Waals surface area contributed by atoms with Crippen LogP contribution in [0.15, 0.2) is 46.9 Å². The Morgan fingerprint density at radius 1 is 1.10 bits per heavy atom. The maximum atomic E-state index is 6.41. The molecule has 3 heteroatoms. The van der Waals surface area contributed by atoms with Gasteiger partial charge in [0, 0.05) is 17.5 Å². The van der Waals surface area contributed by atoms with Crippen molar-refractivity contribution in [3.05, 3.63) is 58.6 Å². The third-order valence-corrected chi connectivity index (χ3v) is 3.86. The summed E-state index contributed by atoms with van der Waals surface area (Å²) >= 11 is 6.41. The predicted molar refractivity (Wildman–Crippen MR) is 88.8 cm³/mol. The van der Waals surface area contributed by atoms with Crippen LogP contribution < -0.4 is 5.32 Å². The van der Waals surface area contributed by atoms with E-state index in [2.05, 4.69) is 37.4 Å². The Kier molecular flexibility index (Phi) is 4.00. The molecule has 0 saturated heterocycles. The predicted octanol–water partition coefficient (Wildman–Crippen LogP) is 5.17. The summed E-state index contributed by atoms with van der Waals surface area (Å²) < 4.78 is 5.91. The Bertz CT molecular complexity index is 776. The lowest BCUT2D eigenvalue weighted by atomic mass is 10.1. The molecule has 1 aromatic heterocycles. The first kappa shape index (κ1) is 14.2. The molecular weight excluding hydrogens is 282 g/mol. The molecule has 0 spiro atoms. The minimum Gasteiger partial charge on any atom is -0.456 e. The fourth-order valence-electron chi connectivity index (χ4n) is 2.43. The first-order valence-electron chi connectivity index (χ1n) is 7.17. The van der Waals surface area contributed by atoms with Crippen molar-refractivity contribution in [1.82, 2.24) is 5.32 Å².